The first-order valence-corrected chi connectivity index (χ1v) is 6.96. The molecule has 1 fully saturated rings. The van der Waals surface area contributed by atoms with Crippen LogP contribution in [0.4, 0.5) is 0 Å². The van der Waals surface area contributed by atoms with Crippen molar-refractivity contribution in [2.75, 3.05) is 14.2 Å². The summed E-state index contributed by atoms with van der Waals surface area (Å²) in [6, 6.07) is 16.9. The highest BCUT2D eigenvalue weighted by atomic mass is 16.5. The molecule has 0 amide bonds. The third-order valence-electron chi connectivity index (χ3n) is 4.50. The molecule has 2 nitrogen and oxygen atoms in total. The highest BCUT2D eigenvalue weighted by molar-refractivity contribution is 5.44. The molecule has 0 heterocycles. The van der Waals surface area contributed by atoms with Gasteiger partial charge in [-0.1, -0.05) is 31.2 Å². The third kappa shape index (κ3) is 2.15. The van der Waals surface area contributed by atoms with Crippen molar-refractivity contribution in [3.8, 4) is 11.5 Å². The monoisotopic (exact) mass is 268 g/mol. The molecule has 0 N–H and O–H groups in total. The average molecular weight is 268 g/mol. The predicted octanol–water partition coefficient (Wildman–Crippen LogP) is 4.15. The number of hydrogen-bond acceptors (Lipinski definition) is 2. The number of benzene rings is 2. The van der Waals surface area contributed by atoms with Crippen LogP contribution in [-0.4, -0.2) is 14.2 Å². The van der Waals surface area contributed by atoms with Gasteiger partial charge in [0.2, 0.25) is 0 Å². The number of hydrogen-bond donors (Lipinski definition) is 0. The maximum absolute atomic E-state index is 5.23. The Balaban J connectivity index is 1.80. The van der Waals surface area contributed by atoms with Gasteiger partial charge in [-0.3, -0.25) is 0 Å². The van der Waals surface area contributed by atoms with Crippen LogP contribution in [-0.2, 0) is 5.41 Å². The zero-order valence-corrected chi connectivity index (χ0v) is 12.2. The van der Waals surface area contributed by atoms with Crippen molar-refractivity contribution in [2.45, 2.75) is 24.7 Å². The molecular formula is C18H20O2. The first kappa shape index (κ1) is 13.0. The van der Waals surface area contributed by atoms with E-state index in [1.807, 2.05) is 24.3 Å². The normalized spacial score (nSPS) is 24.2. The Kier molecular flexibility index (Phi) is 3.17. The minimum Gasteiger partial charge on any atom is -0.497 e. The fraction of sp³-hybridized carbons (Fsp3) is 0.333. The molecule has 0 unspecified atom stereocenters. The van der Waals surface area contributed by atoms with Gasteiger partial charge in [0.05, 0.1) is 14.2 Å². The van der Waals surface area contributed by atoms with Gasteiger partial charge in [-0.2, -0.15) is 0 Å². The lowest BCUT2D eigenvalue weighted by Gasteiger charge is -2.13. The average Bonchev–Trinajstić information content (AvgIpc) is 3.21. The van der Waals surface area contributed by atoms with Crippen molar-refractivity contribution in [3.05, 3.63) is 59.7 Å². The second-order valence-electron chi connectivity index (χ2n) is 5.68. The summed E-state index contributed by atoms with van der Waals surface area (Å²) in [6.45, 7) is 2.34. The van der Waals surface area contributed by atoms with Crippen LogP contribution in [0.5, 0.6) is 11.5 Å². The van der Waals surface area contributed by atoms with E-state index in [-0.39, 0.29) is 5.41 Å². The zero-order valence-electron chi connectivity index (χ0n) is 12.2. The highest BCUT2D eigenvalue weighted by Crippen LogP contribution is 2.60. The smallest absolute Gasteiger partial charge is 0.118 e. The van der Waals surface area contributed by atoms with Crippen LogP contribution in [0.15, 0.2) is 48.5 Å². The van der Waals surface area contributed by atoms with Crippen molar-refractivity contribution < 1.29 is 9.47 Å². The van der Waals surface area contributed by atoms with E-state index in [1.165, 1.54) is 17.5 Å². The van der Waals surface area contributed by atoms with Gasteiger partial charge < -0.3 is 9.47 Å². The molecular weight excluding hydrogens is 248 g/mol. The van der Waals surface area contributed by atoms with Gasteiger partial charge in [-0.25, -0.2) is 0 Å². The molecule has 20 heavy (non-hydrogen) atoms. The van der Waals surface area contributed by atoms with Gasteiger partial charge in [-0.15, -0.1) is 0 Å². The Bertz CT molecular complexity index is 586. The first-order valence-electron chi connectivity index (χ1n) is 6.96. The van der Waals surface area contributed by atoms with Crippen molar-refractivity contribution in [1.82, 2.24) is 0 Å². The fourth-order valence-corrected chi connectivity index (χ4v) is 2.98. The molecule has 2 heteroatoms. The summed E-state index contributed by atoms with van der Waals surface area (Å²) in [4.78, 5) is 0. The van der Waals surface area contributed by atoms with Crippen molar-refractivity contribution in [2.24, 2.45) is 0 Å². The summed E-state index contributed by atoms with van der Waals surface area (Å²) >= 11 is 0. The van der Waals surface area contributed by atoms with E-state index in [1.54, 1.807) is 14.2 Å². The highest BCUT2D eigenvalue weighted by Gasteiger charge is 2.51. The summed E-state index contributed by atoms with van der Waals surface area (Å²) in [6.07, 6.45) is 1.20. The minimum absolute atomic E-state index is 0.251. The molecule has 2 aromatic carbocycles. The van der Waals surface area contributed by atoms with E-state index < -0.39 is 0 Å². The second kappa shape index (κ2) is 4.86. The number of ether oxygens (including phenoxy) is 2. The second-order valence-corrected chi connectivity index (χ2v) is 5.68. The SMILES string of the molecule is COc1ccc([C@H]2C[C@@]2(C)c2ccc(OC)cc2)cc1. The van der Waals surface area contributed by atoms with Gasteiger partial charge in [0.25, 0.3) is 0 Å². The Morgan fingerprint density at radius 2 is 1.35 bits per heavy atom. The molecule has 2 aromatic rings. The standard InChI is InChI=1S/C18H20O2/c1-18(14-6-10-16(20-3)11-7-14)12-17(18)13-4-8-15(19-2)9-5-13/h4-11,17H,12H2,1-3H3/t17-,18+/m1/s1. The maximum Gasteiger partial charge on any atom is 0.118 e. The van der Waals surface area contributed by atoms with Gasteiger partial charge >= 0.3 is 0 Å². The molecule has 1 saturated carbocycles. The van der Waals surface area contributed by atoms with E-state index in [4.69, 9.17) is 9.47 Å². The zero-order chi connectivity index (χ0) is 14.2. The van der Waals surface area contributed by atoms with Crippen LogP contribution >= 0.6 is 0 Å². The van der Waals surface area contributed by atoms with Gasteiger partial charge in [-0.05, 0) is 53.1 Å². The first-order chi connectivity index (χ1) is 9.67. The van der Waals surface area contributed by atoms with Crippen molar-refractivity contribution >= 4 is 0 Å². The molecule has 1 aliphatic carbocycles. The lowest BCUT2D eigenvalue weighted by atomic mass is 9.93. The summed E-state index contributed by atoms with van der Waals surface area (Å²) < 4.78 is 10.4. The van der Waals surface area contributed by atoms with Crippen molar-refractivity contribution in [1.29, 1.82) is 0 Å². The molecule has 0 spiro atoms. The van der Waals surface area contributed by atoms with Gasteiger partial charge in [0.1, 0.15) is 11.5 Å². The Morgan fingerprint density at radius 3 is 1.85 bits per heavy atom. The molecule has 0 saturated heterocycles. The third-order valence-corrected chi connectivity index (χ3v) is 4.50. The minimum atomic E-state index is 0.251. The molecule has 0 bridgehead atoms. The predicted molar refractivity (Wildman–Crippen MR) is 80.7 cm³/mol. The quantitative estimate of drug-likeness (QED) is 0.829. The maximum atomic E-state index is 5.23. The van der Waals surface area contributed by atoms with Crippen LogP contribution in [0, 0.1) is 0 Å². The Labute approximate surface area is 120 Å². The molecule has 1 aliphatic rings. The summed E-state index contributed by atoms with van der Waals surface area (Å²) in [5.41, 5.74) is 3.03. The fourth-order valence-electron chi connectivity index (χ4n) is 2.98. The summed E-state index contributed by atoms with van der Waals surface area (Å²) in [5, 5.41) is 0. The van der Waals surface area contributed by atoms with Crippen LogP contribution in [0.2, 0.25) is 0 Å². The lowest BCUT2D eigenvalue weighted by Crippen LogP contribution is -2.03. The van der Waals surface area contributed by atoms with Crippen LogP contribution in [0.3, 0.4) is 0 Å². The van der Waals surface area contributed by atoms with Crippen LogP contribution in [0.1, 0.15) is 30.4 Å². The molecule has 0 aliphatic heterocycles. The Morgan fingerprint density at radius 1 is 0.850 bits per heavy atom. The summed E-state index contributed by atoms with van der Waals surface area (Å²) in [5.74, 6) is 2.43. The van der Waals surface area contributed by atoms with Crippen molar-refractivity contribution in [3.63, 3.8) is 0 Å². The number of methoxy groups -OCH3 is 2. The molecule has 0 aromatic heterocycles. The van der Waals surface area contributed by atoms with E-state index in [2.05, 4.69) is 31.2 Å². The van der Waals surface area contributed by atoms with E-state index in [0.717, 1.165) is 11.5 Å². The number of rotatable bonds is 4. The van der Waals surface area contributed by atoms with Crippen LogP contribution < -0.4 is 9.47 Å². The molecule has 0 radical (unpaired) electrons. The largest absolute Gasteiger partial charge is 0.497 e. The van der Waals surface area contributed by atoms with Gasteiger partial charge in [0.15, 0.2) is 0 Å². The molecule has 104 valence electrons. The molecule has 3 rings (SSSR count). The topological polar surface area (TPSA) is 18.5 Å². The summed E-state index contributed by atoms with van der Waals surface area (Å²) in [7, 11) is 3.40. The molecule has 2 atom stereocenters. The van der Waals surface area contributed by atoms with E-state index >= 15 is 0 Å². The lowest BCUT2D eigenvalue weighted by molar-refractivity contribution is 0.414. The Hall–Kier alpha value is -1.96. The van der Waals surface area contributed by atoms with Crippen LogP contribution in [0.25, 0.3) is 0 Å². The van der Waals surface area contributed by atoms with E-state index in [9.17, 15) is 0 Å². The van der Waals surface area contributed by atoms with Gasteiger partial charge in [0, 0.05) is 0 Å². The van der Waals surface area contributed by atoms with E-state index in [0.29, 0.717) is 5.92 Å².